The largest absolute Gasteiger partial charge is 0.469 e. The van der Waals surface area contributed by atoms with E-state index < -0.39 is 6.04 Å². The number of nitrogens with one attached hydrogen (secondary N) is 1. The number of fused-ring (bicyclic) bond motifs is 1. The number of carbonyl (C=O) groups is 1. The minimum atomic E-state index is -0.427. The number of para-hydroxylation sites is 1. The van der Waals surface area contributed by atoms with E-state index in [1.165, 1.54) is 19.2 Å². The first-order valence-electron chi connectivity index (χ1n) is 7.11. The molecule has 0 amide bonds. The number of hydrogen-bond acceptors (Lipinski definition) is 3. The van der Waals surface area contributed by atoms with E-state index in [1.54, 1.807) is 6.07 Å². The van der Waals surface area contributed by atoms with Gasteiger partial charge in [0.05, 0.1) is 19.6 Å². The lowest BCUT2D eigenvalue weighted by Crippen LogP contribution is -2.43. The van der Waals surface area contributed by atoms with Crippen LogP contribution in [0.15, 0.2) is 48.5 Å². The molecule has 3 rings (SSSR count). The SMILES string of the molecule is COC(=O)CC1c2cc(F)ccc2NC(=S)N1c1ccccc1. The molecule has 1 heterocycles. The van der Waals surface area contributed by atoms with E-state index in [4.69, 9.17) is 17.0 Å². The zero-order valence-corrected chi connectivity index (χ0v) is 13.3. The third-order valence-electron chi connectivity index (χ3n) is 3.77. The number of ether oxygens (including phenoxy) is 1. The second-order valence-electron chi connectivity index (χ2n) is 5.16. The summed E-state index contributed by atoms with van der Waals surface area (Å²) in [6, 6.07) is 13.4. The summed E-state index contributed by atoms with van der Waals surface area (Å²) in [6.07, 6.45) is 0.0731. The lowest BCUT2D eigenvalue weighted by molar-refractivity contribution is -0.141. The molecule has 2 aromatic carbocycles. The Bertz CT molecular complexity index is 752. The quantitative estimate of drug-likeness (QED) is 0.687. The highest BCUT2D eigenvalue weighted by Crippen LogP contribution is 2.38. The fourth-order valence-corrected chi connectivity index (χ4v) is 3.05. The molecular formula is C17H15FN2O2S. The van der Waals surface area contributed by atoms with Crippen LogP contribution in [-0.4, -0.2) is 18.2 Å². The average Bonchev–Trinajstić information content (AvgIpc) is 2.56. The van der Waals surface area contributed by atoms with Crippen molar-refractivity contribution in [2.45, 2.75) is 12.5 Å². The molecule has 0 aromatic heterocycles. The highest BCUT2D eigenvalue weighted by Gasteiger charge is 2.33. The molecule has 4 nitrogen and oxygen atoms in total. The van der Waals surface area contributed by atoms with Crippen LogP contribution in [0.25, 0.3) is 0 Å². The topological polar surface area (TPSA) is 41.6 Å². The first kappa shape index (κ1) is 15.4. The number of carbonyl (C=O) groups excluding carboxylic acids is 1. The lowest BCUT2D eigenvalue weighted by Gasteiger charge is -2.39. The molecule has 1 N–H and O–H groups in total. The van der Waals surface area contributed by atoms with Crippen molar-refractivity contribution in [2.24, 2.45) is 0 Å². The number of rotatable bonds is 3. The van der Waals surface area contributed by atoms with Crippen molar-refractivity contribution in [3.63, 3.8) is 0 Å². The number of esters is 1. The van der Waals surface area contributed by atoms with Gasteiger partial charge in [-0.25, -0.2) is 4.39 Å². The maximum atomic E-state index is 13.7. The molecule has 0 aliphatic carbocycles. The Balaban J connectivity index is 2.10. The molecule has 1 aliphatic heterocycles. The van der Waals surface area contributed by atoms with Crippen LogP contribution >= 0.6 is 12.2 Å². The predicted molar refractivity (Wildman–Crippen MR) is 90.9 cm³/mol. The van der Waals surface area contributed by atoms with Crippen molar-refractivity contribution < 1.29 is 13.9 Å². The molecule has 0 saturated heterocycles. The molecule has 0 saturated carbocycles. The molecule has 6 heteroatoms. The third kappa shape index (κ3) is 3.03. The molecule has 0 spiro atoms. The Morgan fingerprint density at radius 1 is 1.30 bits per heavy atom. The number of benzene rings is 2. The van der Waals surface area contributed by atoms with Crippen molar-refractivity contribution in [1.29, 1.82) is 0 Å². The smallest absolute Gasteiger partial charge is 0.307 e. The van der Waals surface area contributed by atoms with Gasteiger partial charge < -0.3 is 15.0 Å². The fourth-order valence-electron chi connectivity index (χ4n) is 2.71. The van der Waals surface area contributed by atoms with E-state index in [0.29, 0.717) is 16.4 Å². The Labute approximate surface area is 138 Å². The summed E-state index contributed by atoms with van der Waals surface area (Å²) in [4.78, 5) is 13.7. The third-order valence-corrected chi connectivity index (χ3v) is 4.07. The zero-order valence-electron chi connectivity index (χ0n) is 12.5. The van der Waals surface area contributed by atoms with Crippen LogP contribution in [0.3, 0.4) is 0 Å². The molecule has 23 heavy (non-hydrogen) atoms. The Kier molecular flexibility index (Phi) is 4.25. The summed E-state index contributed by atoms with van der Waals surface area (Å²) < 4.78 is 18.5. The van der Waals surface area contributed by atoms with Gasteiger partial charge in [0.2, 0.25) is 0 Å². The molecule has 118 valence electrons. The summed E-state index contributed by atoms with van der Waals surface area (Å²) in [5.41, 5.74) is 2.21. The van der Waals surface area contributed by atoms with Gasteiger partial charge in [-0.05, 0) is 42.5 Å². The van der Waals surface area contributed by atoms with Crippen LogP contribution < -0.4 is 10.2 Å². The van der Waals surface area contributed by atoms with Crippen LogP contribution in [0.2, 0.25) is 0 Å². The van der Waals surface area contributed by atoms with Crippen LogP contribution in [0.1, 0.15) is 18.0 Å². The number of methoxy groups -OCH3 is 1. The number of hydrogen-bond donors (Lipinski definition) is 1. The summed E-state index contributed by atoms with van der Waals surface area (Å²) in [5, 5.41) is 3.56. The highest BCUT2D eigenvalue weighted by atomic mass is 32.1. The Morgan fingerprint density at radius 2 is 2.04 bits per heavy atom. The van der Waals surface area contributed by atoms with E-state index in [2.05, 4.69) is 5.32 Å². The predicted octanol–water partition coefficient (Wildman–Crippen LogP) is 3.65. The van der Waals surface area contributed by atoms with Gasteiger partial charge in [0.1, 0.15) is 5.82 Å². The molecule has 1 unspecified atom stereocenters. The van der Waals surface area contributed by atoms with E-state index in [-0.39, 0.29) is 18.2 Å². The van der Waals surface area contributed by atoms with Crippen molar-refractivity contribution in [3.8, 4) is 0 Å². The second kappa shape index (κ2) is 6.34. The van der Waals surface area contributed by atoms with Crippen molar-refractivity contribution in [3.05, 3.63) is 59.9 Å². The van der Waals surface area contributed by atoms with E-state index in [9.17, 15) is 9.18 Å². The van der Waals surface area contributed by atoms with Gasteiger partial charge >= 0.3 is 5.97 Å². The average molecular weight is 330 g/mol. The minimum Gasteiger partial charge on any atom is -0.469 e. The monoisotopic (exact) mass is 330 g/mol. The molecular weight excluding hydrogens is 315 g/mol. The summed E-state index contributed by atoms with van der Waals surface area (Å²) in [5.74, 6) is -0.739. The molecule has 2 aromatic rings. The molecule has 0 bridgehead atoms. The van der Waals surface area contributed by atoms with Gasteiger partial charge in [0.25, 0.3) is 0 Å². The van der Waals surface area contributed by atoms with E-state index in [0.717, 1.165) is 5.69 Å². The van der Waals surface area contributed by atoms with Gasteiger partial charge in [-0.15, -0.1) is 0 Å². The normalized spacial score (nSPS) is 16.5. The first-order valence-corrected chi connectivity index (χ1v) is 7.52. The standard InChI is InChI=1S/C17H15FN2O2S/c1-22-16(21)10-15-13-9-11(18)7-8-14(13)19-17(23)20(15)12-5-3-2-4-6-12/h2-9,15H,10H2,1H3,(H,19,23). The summed E-state index contributed by atoms with van der Waals surface area (Å²) >= 11 is 5.45. The molecule has 0 radical (unpaired) electrons. The maximum Gasteiger partial charge on any atom is 0.307 e. The molecule has 1 atom stereocenters. The van der Waals surface area contributed by atoms with Crippen molar-refractivity contribution in [2.75, 3.05) is 17.3 Å². The van der Waals surface area contributed by atoms with Crippen molar-refractivity contribution in [1.82, 2.24) is 0 Å². The van der Waals surface area contributed by atoms with E-state index >= 15 is 0 Å². The van der Waals surface area contributed by atoms with Gasteiger partial charge in [0.15, 0.2) is 5.11 Å². The van der Waals surface area contributed by atoms with Gasteiger partial charge in [-0.2, -0.15) is 0 Å². The van der Waals surface area contributed by atoms with Gasteiger partial charge in [-0.1, -0.05) is 18.2 Å². The Morgan fingerprint density at radius 3 is 2.74 bits per heavy atom. The van der Waals surface area contributed by atoms with Crippen LogP contribution in [0.5, 0.6) is 0 Å². The Hall–Kier alpha value is -2.47. The zero-order chi connectivity index (χ0) is 16.4. The number of nitrogens with zero attached hydrogens (tertiary/aromatic N) is 1. The number of anilines is 2. The number of halogens is 1. The fraction of sp³-hybridized carbons (Fsp3) is 0.176. The minimum absolute atomic E-state index is 0.0731. The maximum absolute atomic E-state index is 13.7. The van der Waals surface area contributed by atoms with Gasteiger partial charge in [0, 0.05) is 16.9 Å². The number of thiocarbonyl (C=S) groups is 1. The van der Waals surface area contributed by atoms with Gasteiger partial charge in [-0.3, -0.25) is 4.79 Å². The molecule has 1 aliphatic rings. The second-order valence-corrected chi connectivity index (χ2v) is 5.55. The summed E-state index contributed by atoms with van der Waals surface area (Å²) in [7, 11) is 1.33. The van der Waals surface area contributed by atoms with E-state index in [1.807, 2.05) is 35.2 Å². The van der Waals surface area contributed by atoms with Crippen molar-refractivity contribution >= 4 is 34.7 Å². The molecule has 0 fully saturated rings. The lowest BCUT2D eigenvalue weighted by atomic mass is 9.97. The van der Waals surface area contributed by atoms with Crippen LogP contribution in [0.4, 0.5) is 15.8 Å². The highest BCUT2D eigenvalue weighted by molar-refractivity contribution is 7.80. The summed E-state index contributed by atoms with van der Waals surface area (Å²) in [6.45, 7) is 0. The van der Waals surface area contributed by atoms with Crippen LogP contribution in [-0.2, 0) is 9.53 Å². The first-order chi connectivity index (χ1) is 11.1. The van der Waals surface area contributed by atoms with Crippen LogP contribution in [0, 0.1) is 5.82 Å².